The van der Waals surface area contributed by atoms with Crippen LogP contribution in [-0.2, 0) is 9.59 Å². The predicted octanol–water partition coefficient (Wildman–Crippen LogP) is 6.38. The average Bonchev–Trinajstić information content (AvgIpc) is 3.47. The highest BCUT2D eigenvalue weighted by atomic mass is 35.5. The summed E-state index contributed by atoms with van der Waals surface area (Å²) in [6.07, 6.45) is 0. The van der Waals surface area contributed by atoms with E-state index in [2.05, 4.69) is 4.98 Å². The van der Waals surface area contributed by atoms with Gasteiger partial charge in [0.25, 0.3) is 5.78 Å². The van der Waals surface area contributed by atoms with Gasteiger partial charge in [-0.3, -0.25) is 14.5 Å². The number of ketones is 1. The Kier molecular flexibility index (Phi) is 7.45. The monoisotopic (exact) mass is 564 g/mol. The molecule has 200 valence electrons. The lowest BCUT2D eigenvalue weighted by Gasteiger charge is -2.24. The van der Waals surface area contributed by atoms with Crippen LogP contribution in [0.15, 0.2) is 66.2 Å². The molecule has 1 saturated heterocycles. The minimum absolute atomic E-state index is 0.0641. The van der Waals surface area contributed by atoms with E-state index in [1.807, 2.05) is 19.9 Å². The molecular formula is C29H25ClN2O6S. The Bertz CT molecular complexity index is 1600. The van der Waals surface area contributed by atoms with E-state index in [-0.39, 0.29) is 11.3 Å². The average molecular weight is 565 g/mol. The van der Waals surface area contributed by atoms with Crippen molar-refractivity contribution in [3.05, 3.63) is 82.4 Å². The van der Waals surface area contributed by atoms with E-state index in [9.17, 15) is 14.7 Å². The number of methoxy groups -OCH3 is 1. The number of rotatable bonds is 8. The highest BCUT2D eigenvalue weighted by Gasteiger charge is 2.48. The van der Waals surface area contributed by atoms with Gasteiger partial charge in [-0.2, -0.15) is 0 Å². The molecule has 0 aliphatic carbocycles. The van der Waals surface area contributed by atoms with Crippen LogP contribution in [0.1, 0.15) is 31.0 Å². The van der Waals surface area contributed by atoms with E-state index in [1.165, 1.54) is 16.2 Å². The standard InChI is InChI=1S/C29H25ClN2O6S/c1-4-37-21-13-8-17(14-22(21)38-5-2)25-24(26(33)16-6-9-18(30)10-7-16)27(34)28(35)32(25)29-31-20-12-11-19(36-3)15-23(20)39-29/h6-15,25,33H,4-5H2,1-3H3. The largest absolute Gasteiger partial charge is 0.507 e. The van der Waals surface area contributed by atoms with E-state index in [1.54, 1.807) is 61.7 Å². The molecule has 10 heteroatoms. The molecule has 1 fully saturated rings. The summed E-state index contributed by atoms with van der Waals surface area (Å²) < 4.78 is 17.6. The molecule has 1 aliphatic heterocycles. The van der Waals surface area contributed by atoms with E-state index in [0.29, 0.717) is 57.3 Å². The fourth-order valence-corrected chi connectivity index (χ4v) is 5.62. The van der Waals surface area contributed by atoms with Gasteiger partial charge in [-0.15, -0.1) is 0 Å². The third-order valence-corrected chi connectivity index (χ3v) is 7.51. The summed E-state index contributed by atoms with van der Waals surface area (Å²) >= 11 is 7.28. The van der Waals surface area contributed by atoms with Crippen LogP contribution in [0, 0.1) is 0 Å². The number of aliphatic hydroxyl groups excluding tert-OH is 1. The van der Waals surface area contributed by atoms with Gasteiger partial charge in [0.15, 0.2) is 16.6 Å². The second kappa shape index (κ2) is 11.0. The first-order chi connectivity index (χ1) is 18.9. The van der Waals surface area contributed by atoms with E-state index in [4.69, 9.17) is 25.8 Å². The number of aliphatic hydroxyl groups is 1. The number of carbonyl (C=O) groups is 2. The zero-order valence-electron chi connectivity index (χ0n) is 21.4. The number of carbonyl (C=O) groups excluding carboxylic acids is 2. The van der Waals surface area contributed by atoms with Gasteiger partial charge in [-0.1, -0.05) is 29.0 Å². The van der Waals surface area contributed by atoms with E-state index < -0.39 is 17.7 Å². The Morgan fingerprint density at radius 1 is 1.00 bits per heavy atom. The van der Waals surface area contributed by atoms with Gasteiger partial charge in [-0.05, 0) is 74.0 Å². The topological polar surface area (TPSA) is 98.2 Å². The summed E-state index contributed by atoms with van der Waals surface area (Å²) in [6.45, 7) is 4.54. The van der Waals surface area contributed by atoms with Crippen LogP contribution < -0.4 is 19.1 Å². The number of hydrogen-bond acceptors (Lipinski definition) is 8. The maximum Gasteiger partial charge on any atom is 0.301 e. The predicted molar refractivity (Wildman–Crippen MR) is 151 cm³/mol. The Balaban J connectivity index is 1.72. The van der Waals surface area contributed by atoms with Gasteiger partial charge in [0.2, 0.25) is 0 Å². The van der Waals surface area contributed by atoms with Crippen LogP contribution in [0.3, 0.4) is 0 Å². The van der Waals surface area contributed by atoms with Gasteiger partial charge < -0.3 is 19.3 Å². The molecule has 1 aliphatic rings. The summed E-state index contributed by atoms with van der Waals surface area (Å²) in [7, 11) is 1.57. The van der Waals surface area contributed by atoms with Crippen molar-refractivity contribution in [2.24, 2.45) is 0 Å². The molecule has 0 radical (unpaired) electrons. The summed E-state index contributed by atoms with van der Waals surface area (Å²) in [5.74, 6) is -0.295. The second-order valence-corrected chi connectivity index (χ2v) is 10.0. The van der Waals surface area contributed by atoms with Gasteiger partial charge in [0.05, 0.1) is 42.2 Å². The van der Waals surface area contributed by atoms with Gasteiger partial charge in [0.1, 0.15) is 11.5 Å². The molecule has 1 unspecified atom stereocenters. The number of ether oxygens (including phenoxy) is 3. The van der Waals surface area contributed by atoms with Crippen molar-refractivity contribution in [2.75, 3.05) is 25.2 Å². The molecule has 4 aromatic rings. The summed E-state index contributed by atoms with van der Waals surface area (Å²) in [4.78, 5) is 33.1. The lowest BCUT2D eigenvalue weighted by Crippen LogP contribution is -2.29. The van der Waals surface area contributed by atoms with Crippen molar-refractivity contribution in [1.29, 1.82) is 0 Å². The van der Waals surface area contributed by atoms with Crippen LogP contribution in [0.5, 0.6) is 17.2 Å². The minimum atomic E-state index is -0.974. The zero-order chi connectivity index (χ0) is 27.7. The first-order valence-electron chi connectivity index (χ1n) is 12.3. The molecule has 39 heavy (non-hydrogen) atoms. The molecule has 8 nitrogen and oxygen atoms in total. The highest BCUT2D eigenvalue weighted by Crippen LogP contribution is 2.46. The lowest BCUT2D eigenvalue weighted by molar-refractivity contribution is -0.132. The van der Waals surface area contributed by atoms with Crippen molar-refractivity contribution >= 4 is 55.7 Å². The molecular weight excluding hydrogens is 540 g/mol. The molecule has 1 N–H and O–H groups in total. The van der Waals surface area contributed by atoms with Crippen molar-refractivity contribution in [3.8, 4) is 17.2 Å². The van der Waals surface area contributed by atoms with Gasteiger partial charge in [-0.25, -0.2) is 4.98 Å². The molecule has 2 heterocycles. The molecule has 1 aromatic heterocycles. The third-order valence-electron chi connectivity index (χ3n) is 6.24. The normalized spacial score (nSPS) is 16.6. The summed E-state index contributed by atoms with van der Waals surface area (Å²) in [5.41, 5.74) is 1.49. The van der Waals surface area contributed by atoms with E-state index in [0.717, 1.165) is 4.70 Å². The summed E-state index contributed by atoms with van der Waals surface area (Å²) in [6, 6.07) is 16.0. The number of anilines is 1. The third kappa shape index (κ3) is 4.91. The van der Waals surface area contributed by atoms with Gasteiger partial charge >= 0.3 is 5.91 Å². The SMILES string of the molecule is CCOc1ccc(C2C(=C(O)c3ccc(Cl)cc3)C(=O)C(=O)N2c2nc3ccc(OC)cc3s2)cc1OCC. The number of halogens is 1. The number of fused-ring (bicyclic) bond motifs is 1. The number of amides is 1. The Morgan fingerprint density at radius 2 is 1.72 bits per heavy atom. The first kappa shape index (κ1) is 26.5. The molecule has 3 aromatic carbocycles. The highest BCUT2D eigenvalue weighted by molar-refractivity contribution is 7.22. The smallest absolute Gasteiger partial charge is 0.301 e. The Morgan fingerprint density at radius 3 is 2.41 bits per heavy atom. The molecule has 5 rings (SSSR count). The van der Waals surface area contributed by atoms with Crippen LogP contribution in [0.2, 0.25) is 5.02 Å². The Labute approximate surface area is 234 Å². The maximum atomic E-state index is 13.6. The number of Topliss-reactive ketones (excluding diaryl/α,β-unsaturated/α-hetero) is 1. The maximum absolute atomic E-state index is 13.6. The van der Waals surface area contributed by atoms with Crippen molar-refractivity contribution in [1.82, 2.24) is 4.98 Å². The molecule has 0 spiro atoms. The van der Waals surface area contributed by atoms with Gasteiger partial charge in [0, 0.05) is 10.6 Å². The van der Waals surface area contributed by atoms with Crippen LogP contribution in [0.4, 0.5) is 5.13 Å². The van der Waals surface area contributed by atoms with E-state index >= 15 is 0 Å². The number of thiazole rings is 1. The zero-order valence-corrected chi connectivity index (χ0v) is 23.0. The van der Waals surface area contributed by atoms with Crippen LogP contribution in [0.25, 0.3) is 16.0 Å². The fourth-order valence-electron chi connectivity index (χ4n) is 4.47. The van der Waals surface area contributed by atoms with Crippen molar-refractivity contribution in [3.63, 3.8) is 0 Å². The van der Waals surface area contributed by atoms with Crippen molar-refractivity contribution < 1.29 is 28.9 Å². The summed E-state index contributed by atoms with van der Waals surface area (Å²) in [5, 5.41) is 12.1. The number of nitrogens with zero attached hydrogens (tertiary/aromatic N) is 2. The number of benzene rings is 3. The quantitative estimate of drug-likeness (QED) is 0.150. The van der Waals surface area contributed by atoms with Crippen LogP contribution in [-0.4, -0.2) is 42.1 Å². The minimum Gasteiger partial charge on any atom is -0.507 e. The molecule has 1 amide bonds. The molecule has 0 saturated carbocycles. The first-order valence-corrected chi connectivity index (χ1v) is 13.5. The fraction of sp³-hybridized carbons (Fsp3) is 0.207. The molecule has 1 atom stereocenters. The van der Waals surface area contributed by atoms with Crippen LogP contribution >= 0.6 is 22.9 Å². The number of hydrogen-bond donors (Lipinski definition) is 1. The second-order valence-electron chi connectivity index (χ2n) is 8.58. The van der Waals surface area contributed by atoms with Crippen molar-refractivity contribution in [2.45, 2.75) is 19.9 Å². The lowest BCUT2D eigenvalue weighted by atomic mass is 9.95. The molecule has 0 bridgehead atoms. The number of aromatic nitrogens is 1. The Hall–Kier alpha value is -4.08.